The van der Waals surface area contributed by atoms with Gasteiger partial charge in [0.25, 0.3) is 0 Å². The Balaban J connectivity index is 1.79. The van der Waals surface area contributed by atoms with Crippen molar-refractivity contribution in [1.29, 1.82) is 0 Å². The van der Waals surface area contributed by atoms with Gasteiger partial charge in [-0.25, -0.2) is 0 Å². The summed E-state index contributed by atoms with van der Waals surface area (Å²) >= 11 is 0. The van der Waals surface area contributed by atoms with Crippen LogP contribution in [0.3, 0.4) is 0 Å². The summed E-state index contributed by atoms with van der Waals surface area (Å²) in [6.45, 7) is 4.01. The van der Waals surface area contributed by atoms with Gasteiger partial charge in [0.15, 0.2) is 5.78 Å². The van der Waals surface area contributed by atoms with E-state index in [0.717, 1.165) is 5.57 Å². The normalized spacial score (nSPS) is 46.4. The van der Waals surface area contributed by atoms with E-state index in [-0.39, 0.29) is 24.5 Å². The molecule has 0 heterocycles. The number of ether oxygens (including phenoxy) is 1. The van der Waals surface area contributed by atoms with Crippen LogP contribution < -0.4 is 0 Å². The van der Waals surface area contributed by atoms with Crippen molar-refractivity contribution in [2.45, 2.75) is 82.8 Å². The van der Waals surface area contributed by atoms with Gasteiger partial charge in [-0.3, -0.25) is 14.4 Å². The van der Waals surface area contributed by atoms with Gasteiger partial charge in [-0.1, -0.05) is 19.4 Å². The van der Waals surface area contributed by atoms with Crippen LogP contribution in [0.5, 0.6) is 0 Å². The number of hydrogen-bond acceptors (Lipinski definition) is 6. The Morgan fingerprint density at radius 2 is 1.87 bits per heavy atom. The van der Waals surface area contributed by atoms with E-state index in [2.05, 4.69) is 0 Å². The average molecular weight is 435 g/mol. The van der Waals surface area contributed by atoms with Crippen molar-refractivity contribution in [3.63, 3.8) is 0 Å². The molecule has 3 saturated carbocycles. The summed E-state index contributed by atoms with van der Waals surface area (Å²) < 4.78 is 5.13. The molecule has 7 atom stereocenters. The van der Waals surface area contributed by atoms with Gasteiger partial charge < -0.3 is 20.1 Å². The first-order valence-corrected chi connectivity index (χ1v) is 11.4. The predicted octanol–water partition coefficient (Wildman–Crippen LogP) is 2.63. The van der Waals surface area contributed by atoms with Crippen LogP contribution in [0, 0.1) is 28.6 Å². The molecule has 172 valence electrons. The largest absolute Gasteiger partial charge is 0.481 e. The third-order valence-corrected chi connectivity index (χ3v) is 9.76. The number of carbonyl (C=O) groups is 3. The van der Waals surface area contributed by atoms with Crippen molar-refractivity contribution in [2.24, 2.45) is 28.6 Å². The first-order chi connectivity index (χ1) is 14.4. The van der Waals surface area contributed by atoms with Crippen molar-refractivity contribution in [2.75, 3.05) is 7.11 Å². The molecule has 0 aromatic carbocycles. The fourth-order valence-electron chi connectivity index (χ4n) is 7.75. The molecule has 0 amide bonds. The lowest BCUT2D eigenvalue weighted by Crippen LogP contribution is -2.67. The maximum atomic E-state index is 12.9. The second-order valence-electron chi connectivity index (χ2n) is 10.7. The monoisotopic (exact) mass is 434 g/mol. The molecule has 0 aromatic heterocycles. The molecule has 7 heteroatoms. The Bertz CT molecular complexity index is 849. The number of aliphatic carboxylic acids is 1. The third kappa shape index (κ3) is 2.95. The third-order valence-electron chi connectivity index (χ3n) is 9.76. The number of rotatable bonds is 4. The minimum Gasteiger partial charge on any atom is -0.481 e. The van der Waals surface area contributed by atoms with Crippen LogP contribution in [0.4, 0.5) is 0 Å². The van der Waals surface area contributed by atoms with E-state index in [0.29, 0.717) is 44.9 Å². The first-order valence-electron chi connectivity index (χ1n) is 11.4. The average Bonchev–Trinajstić information content (AvgIpc) is 2.98. The second-order valence-corrected chi connectivity index (χ2v) is 10.7. The molecular formula is C24H34O7. The lowest BCUT2D eigenvalue weighted by atomic mass is 9.42. The van der Waals surface area contributed by atoms with Crippen LogP contribution in [0.15, 0.2) is 11.6 Å². The molecule has 0 saturated heterocycles. The van der Waals surface area contributed by atoms with Crippen molar-refractivity contribution in [3.8, 4) is 0 Å². The quantitative estimate of drug-likeness (QED) is 0.582. The molecule has 0 unspecified atom stereocenters. The maximum absolute atomic E-state index is 12.9. The van der Waals surface area contributed by atoms with Crippen molar-refractivity contribution in [1.82, 2.24) is 0 Å². The van der Waals surface area contributed by atoms with Crippen LogP contribution in [0.25, 0.3) is 0 Å². The summed E-state index contributed by atoms with van der Waals surface area (Å²) in [7, 11) is 1.34. The SMILES string of the molecule is COC(=O)[C@@H]1CC2=CC(=O)CC[C@]2(C)[C@@]2(O)CC[C@@]3(C)[C@@H](CC[C@]3(O)CCC(=O)O)[C@H]12. The Kier molecular flexibility index (Phi) is 5.17. The van der Waals surface area contributed by atoms with Gasteiger partial charge in [-0.05, 0) is 62.4 Å². The molecule has 0 spiro atoms. The molecule has 0 bridgehead atoms. The molecule has 7 nitrogen and oxygen atoms in total. The maximum Gasteiger partial charge on any atom is 0.309 e. The van der Waals surface area contributed by atoms with Gasteiger partial charge in [0.2, 0.25) is 0 Å². The summed E-state index contributed by atoms with van der Waals surface area (Å²) in [5.41, 5.74) is -2.68. The van der Waals surface area contributed by atoms with E-state index in [1.807, 2.05) is 13.8 Å². The predicted molar refractivity (Wildman–Crippen MR) is 111 cm³/mol. The summed E-state index contributed by atoms with van der Waals surface area (Å²) in [6, 6.07) is 0. The minimum absolute atomic E-state index is 0.0303. The highest BCUT2D eigenvalue weighted by atomic mass is 16.5. The Hall–Kier alpha value is -1.73. The van der Waals surface area contributed by atoms with E-state index < -0.39 is 45.8 Å². The number of carboxylic acid groups (broad SMARTS) is 1. The molecule has 3 N–H and O–H groups in total. The number of hydrogen-bond donors (Lipinski definition) is 3. The van der Waals surface area contributed by atoms with E-state index in [4.69, 9.17) is 4.74 Å². The minimum atomic E-state index is -1.18. The summed E-state index contributed by atoms with van der Waals surface area (Å²) in [4.78, 5) is 36.3. The Morgan fingerprint density at radius 3 is 2.52 bits per heavy atom. The number of fused-ring (bicyclic) bond motifs is 5. The highest BCUT2D eigenvalue weighted by Crippen LogP contribution is 2.70. The highest BCUT2D eigenvalue weighted by Gasteiger charge is 2.71. The highest BCUT2D eigenvalue weighted by molar-refractivity contribution is 5.92. The van der Waals surface area contributed by atoms with Gasteiger partial charge in [-0.2, -0.15) is 0 Å². The first kappa shape index (κ1) is 22.5. The smallest absolute Gasteiger partial charge is 0.309 e. The van der Waals surface area contributed by atoms with Gasteiger partial charge in [0.1, 0.15) is 0 Å². The number of aliphatic hydroxyl groups is 2. The molecule has 0 aromatic rings. The zero-order valence-corrected chi connectivity index (χ0v) is 18.6. The molecule has 4 rings (SSSR count). The van der Waals surface area contributed by atoms with Gasteiger partial charge >= 0.3 is 11.9 Å². The molecular weight excluding hydrogens is 400 g/mol. The van der Waals surface area contributed by atoms with Crippen LogP contribution in [0.2, 0.25) is 0 Å². The van der Waals surface area contributed by atoms with E-state index in [1.54, 1.807) is 6.08 Å². The zero-order chi connectivity index (χ0) is 22.8. The Labute approximate surface area is 182 Å². The fraction of sp³-hybridized carbons (Fsp3) is 0.792. The van der Waals surface area contributed by atoms with E-state index >= 15 is 0 Å². The molecule has 0 aliphatic heterocycles. The number of carboxylic acids is 1. The number of methoxy groups -OCH3 is 1. The van der Waals surface area contributed by atoms with Crippen LogP contribution in [-0.2, 0) is 19.1 Å². The van der Waals surface area contributed by atoms with Crippen molar-refractivity contribution >= 4 is 17.7 Å². The van der Waals surface area contributed by atoms with E-state index in [9.17, 15) is 29.7 Å². The molecule has 4 aliphatic rings. The standard InChI is InChI=1S/C24H34O7/c1-21-7-4-15(25)12-14(21)13-16(20(28)31-3)19-17-5-8-23(29,9-6-18(26)27)22(17,2)10-11-24(19,21)30/h12,16-17,19,29-30H,4-11,13H2,1-3H3,(H,26,27)/t16-,17+,19+,21+,22+,23+,24-/m1/s1. The molecule has 31 heavy (non-hydrogen) atoms. The van der Waals surface area contributed by atoms with Crippen LogP contribution in [-0.4, -0.2) is 51.4 Å². The summed E-state index contributed by atoms with van der Waals surface area (Å²) in [5, 5.41) is 33.0. The number of carbonyl (C=O) groups excluding carboxylic acids is 2. The van der Waals surface area contributed by atoms with Crippen LogP contribution in [0.1, 0.15) is 71.6 Å². The lowest BCUT2D eigenvalue weighted by Gasteiger charge is -2.65. The summed E-state index contributed by atoms with van der Waals surface area (Å²) in [5.74, 6) is -2.44. The van der Waals surface area contributed by atoms with Crippen molar-refractivity contribution in [3.05, 3.63) is 11.6 Å². The molecule has 4 aliphatic carbocycles. The topological polar surface area (TPSA) is 121 Å². The second kappa shape index (κ2) is 7.14. The Morgan fingerprint density at radius 1 is 1.16 bits per heavy atom. The van der Waals surface area contributed by atoms with Gasteiger partial charge in [-0.15, -0.1) is 0 Å². The number of ketones is 1. The molecule has 0 radical (unpaired) electrons. The van der Waals surface area contributed by atoms with Gasteiger partial charge in [0, 0.05) is 24.2 Å². The van der Waals surface area contributed by atoms with Crippen LogP contribution >= 0.6 is 0 Å². The van der Waals surface area contributed by atoms with E-state index in [1.165, 1.54) is 7.11 Å². The zero-order valence-electron chi connectivity index (χ0n) is 18.6. The number of esters is 1. The van der Waals surface area contributed by atoms with Crippen molar-refractivity contribution < 1.29 is 34.4 Å². The summed E-state index contributed by atoms with van der Waals surface area (Å²) in [6.07, 6.45) is 5.01. The van der Waals surface area contributed by atoms with Gasteiger partial charge in [0.05, 0.1) is 24.2 Å². The molecule has 3 fully saturated rings. The fourth-order valence-corrected chi connectivity index (χ4v) is 7.75. The lowest BCUT2D eigenvalue weighted by molar-refractivity contribution is -0.229.